The Labute approximate surface area is 152 Å². The molecule has 0 saturated carbocycles. The van der Waals surface area contributed by atoms with Crippen LogP contribution in [0.15, 0.2) is 6.08 Å². The molecule has 0 N–H and O–H groups in total. The van der Waals surface area contributed by atoms with Gasteiger partial charge in [0.25, 0.3) is 0 Å². The number of ether oxygens (including phenoxy) is 2. The van der Waals surface area contributed by atoms with Crippen molar-refractivity contribution in [2.75, 3.05) is 7.11 Å². The molecule has 0 spiro atoms. The molecule has 1 aliphatic rings. The molecule has 7 heteroatoms. The van der Waals surface area contributed by atoms with E-state index in [1.165, 1.54) is 6.92 Å². The van der Waals surface area contributed by atoms with Crippen molar-refractivity contribution in [1.82, 2.24) is 4.57 Å². The Bertz CT molecular complexity index is 711. The molecule has 1 heterocycles. The van der Waals surface area contributed by atoms with Crippen LogP contribution >= 0.6 is 0 Å². The Kier molecular flexibility index (Phi) is 5.61. The topological polar surface area (TPSA) is 40.5 Å². The van der Waals surface area contributed by atoms with Crippen LogP contribution in [0.25, 0.3) is 6.08 Å². The van der Waals surface area contributed by atoms with E-state index in [1.54, 1.807) is 38.3 Å². The zero-order chi connectivity index (χ0) is 19.9. The van der Waals surface area contributed by atoms with Crippen LogP contribution in [0.3, 0.4) is 0 Å². The van der Waals surface area contributed by atoms with Crippen molar-refractivity contribution >= 4 is 12.0 Å². The molecule has 0 saturated heterocycles. The van der Waals surface area contributed by atoms with Crippen molar-refractivity contribution < 1.29 is 27.4 Å². The lowest BCUT2D eigenvalue weighted by molar-refractivity contribution is -0.224. The molecule has 2 rings (SSSR count). The number of hydrogen-bond donors (Lipinski definition) is 0. The average Bonchev–Trinajstić information content (AvgIpc) is 2.76. The summed E-state index contributed by atoms with van der Waals surface area (Å²) in [5.74, 6) is -0.506. The number of aromatic nitrogens is 1. The summed E-state index contributed by atoms with van der Waals surface area (Å²) in [5, 5.41) is 0. The zero-order valence-electron chi connectivity index (χ0n) is 16.0. The lowest BCUT2D eigenvalue weighted by Crippen LogP contribution is -2.38. The third-order valence-electron chi connectivity index (χ3n) is 4.46. The predicted octanol–water partition coefficient (Wildman–Crippen LogP) is 4.85. The first-order valence-corrected chi connectivity index (χ1v) is 8.61. The van der Waals surface area contributed by atoms with Crippen LogP contribution in [0.5, 0.6) is 0 Å². The second-order valence-electron chi connectivity index (χ2n) is 7.58. The minimum absolute atomic E-state index is 0.364. The van der Waals surface area contributed by atoms with Crippen LogP contribution in [-0.2, 0) is 15.9 Å². The lowest BCUT2D eigenvalue weighted by atomic mass is 9.99. The van der Waals surface area contributed by atoms with E-state index in [-0.39, 0.29) is 0 Å². The summed E-state index contributed by atoms with van der Waals surface area (Å²) < 4.78 is 51.9. The quantitative estimate of drug-likeness (QED) is 0.709. The highest BCUT2D eigenvalue weighted by Crippen LogP contribution is 2.37. The van der Waals surface area contributed by atoms with Crippen molar-refractivity contribution in [1.29, 1.82) is 0 Å². The van der Waals surface area contributed by atoms with E-state index >= 15 is 0 Å². The number of allylic oxidation sites excluding steroid dienone is 1. The van der Waals surface area contributed by atoms with Gasteiger partial charge in [-0.3, -0.25) is 0 Å². The molecule has 4 nitrogen and oxygen atoms in total. The summed E-state index contributed by atoms with van der Waals surface area (Å²) in [7, 11) is 1.05. The van der Waals surface area contributed by atoms with E-state index in [1.807, 2.05) is 6.08 Å². The van der Waals surface area contributed by atoms with Crippen LogP contribution in [0.1, 0.15) is 67.5 Å². The fraction of sp³-hybridized carbons (Fsp3) is 0.632. The maximum Gasteiger partial charge on any atom is 0.416 e. The second kappa shape index (κ2) is 7.10. The molecule has 1 aliphatic carbocycles. The van der Waals surface area contributed by atoms with Gasteiger partial charge in [0, 0.05) is 18.5 Å². The van der Waals surface area contributed by atoms with Gasteiger partial charge in [-0.25, -0.2) is 4.79 Å². The molecule has 146 valence electrons. The summed E-state index contributed by atoms with van der Waals surface area (Å²) in [5.41, 5.74) is 1.50. The van der Waals surface area contributed by atoms with Gasteiger partial charge in [0.2, 0.25) is 0 Å². The maximum atomic E-state index is 13.4. The molecule has 0 aromatic carbocycles. The van der Waals surface area contributed by atoms with E-state index in [0.29, 0.717) is 23.4 Å². The predicted molar refractivity (Wildman–Crippen MR) is 93.3 cm³/mol. The number of hydrogen-bond acceptors (Lipinski definition) is 3. The molecule has 2 unspecified atom stereocenters. The van der Waals surface area contributed by atoms with Crippen molar-refractivity contribution in [3.8, 4) is 0 Å². The Morgan fingerprint density at radius 1 is 1.27 bits per heavy atom. The number of carbonyl (C=O) groups is 1. The third kappa shape index (κ3) is 3.98. The fourth-order valence-corrected chi connectivity index (χ4v) is 3.51. The Morgan fingerprint density at radius 3 is 2.38 bits per heavy atom. The smallest absolute Gasteiger partial charge is 0.416 e. The van der Waals surface area contributed by atoms with E-state index in [9.17, 15) is 18.0 Å². The van der Waals surface area contributed by atoms with Crippen molar-refractivity contribution in [2.24, 2.45) is 0 Å². The number of alkyl halides is 3. The standard InChI is InChI=1S/C19H26F3NO3/c1-11-15(17(24)26-18(3,4)5)13-9-7-8-10-14(13)23(11)12(2)16(25-6)19(20,21)22/h8,10,12,16H,7,9H2,1-6H3. The van der Waals surface area contributed by atoms with Crippen molar-refractivity contribution in [3.05, 3.63) is 28.6 Å². The average molecular weight is 373 g/mol. The van der Waals surface area contributed by atoms with Gasteiger partial charge in [-0.2, -0.15) is 13.2 Å². The first-order chi connectivity index (χ1) is 11.9. The molecular formula is C19H26F3NO3. The minimum atomic E-state index is -4.51. The highest BCUT2D eigenvalue weighted by Gasteiger charge is 2.45. The highest BCUT2D eigenvalue weighted by molar-refractivity contribution is 5.94. The number of nitrogens with zero attached hydrogens (tertiary/aromatic N) is 1. The van der Waals surface area contributed by atoms with E-state index in [2.05, 4.69) is 0 Å². The van der Waals surface area contributed by atoms with Gasteiger partial charge in [-0.1, -0.05) is 6.08 Å². The number of halogens is 3. The number of fused-ring (bicyclic) bond motifs is 1. The van der Waals surface area contributed by atoms with Gasteiger partial charge in [0.05, 0.1) is 11.6 Å². The van der Waals surface area contributed by atoms with Crippen LogP contribution in [0.2, 0.25) is 0 Å². The molecule has 0 fully saturated rings. The molecule has 1 aromatic rings. The molecule has 0 amide bonds. The summed E-state index contributed by atoms with van der Waals surface area (Å²) in [4.78, 5) is 12.7. The normalized spacial score (nSPS) is 17.0. The van der Waals surface area contributed by atoms with Crippen LogP contribution < -0.4 is 0 Å². The first kappa shape index (κ1) is 20.6. The molecule has 26 heavy (non-hydrogen) atoms. The Hall–Kier alpha value is -1.76. The fourth-order valence-electron chi connectivity index (χ4n) is 3.51. The Morgan fingerprint density at radius 2 is 1.88 bits per heavy atom. The lowest BCUT2D eigenvalue weighted by Gasteiger charge is -2.29. The number of methoxy groups -OCH3 is 1. The highest BCUT2D eigenvalue weighted by atomic mass is 19.4. The Balaban J connectivity index is 2.59. The molecule has 0 aliphatic heterocycles. The minimum Gasteiger partial charge on any atom is -0.456 e. The molecular weight excluding hydrogens is 347 g/mol. The number of carbonyl (C=O) groups excluding carboxylic acids is 1. The van der Waals surface area contributed by atoms with Gasteiger partial charge in [-0.05, 0) is 59.1 Å². The molecule has 0 bridgehead atoms. The van der Waals surface area contributed by atoms with Crippen LogP contribution in [-0.4, -0.2) is 35.5 Å². The van der Waals surface area contributed by atoms with Crippen LogP contribution in [0.4, 0.5) is 13.2 Å². The van der Waals surface area contributed by atoms with E-state index < -0.39 is 29.9 Å². The van der Waals surface area contributed by atoms with Gasteiger partial charge >= 0.3 is 12.1 Å². The molecule has 1 aromatic heterocycles. The summed E-state index contributed by atoms with van der Waals surface area (Å²) in [6.07, 6.45) is -1.49. The van der Waals surface area contributed by atoms with Crippen molar-refractivity contribution in [3.63, 3.8) is 0 Å². The maximum absolute atomic E-state index is 13.4. The first-order valence-electron chi connectivity index (χ1n) is 8.61. The summed E-state index contributed by atoms with van der Waals surface area (Å²) in [6.45, 7) is 8.39. The van der Waals surface area contributed by atoms with Crippen molar-refractivity contribution in [2.45, 2.75) is 71.4 Å². The summed E-state index contributed by atoms with van der Waals surface area (Å²) >= 11 is 0. The summed E-state index contributed by atoms with van der Waals surface area (Å²) in [6, 6.07) is -1.02. The van der Waals surface area contributed by atoms with Gasteiger partial charge < -0.3 is 14.0 Å². The number of esters is 1. The largest absolute Gasteiger partial charge is 0.456 e. The number of rotatable bonds is 4. The van der Waals surface area contributed by atoms with Gasteiger partial charge in [-0.15, -0.1) is 0 Å². The molecule has 2 atom stereocenters. The second-order valence-corrected chi connectivity index (χ2v) is 7.58. The van der Waals surface area contributed by atoms with E-state index in [4.69, 9.17) is 9.47 Å². The molecule has 0 radical (unpaired) electrons. The zero-order valence-corrected chi connectivity index (χ0v) is 16.0. The van der Waals surface area contributed by atoms with Crippen LogP contribution in [0, 0.1) is 6.92 Å². The van der Waals surface area contributed by atoms with Gasteiger partial charge in [0.15, 0.2) is 6.10 Å². The van der Waals surface area contributed by atoms with Gasteiger partial charge in [0.1, 0.15) is 5.60 Å². The third-order valence-corrected chi connectivity index (χ3v) is 4.46. The van der Waals surface area contributed by atoms with E-state index in [0.717, 1.165) is 19.1 Å². The monoisotopic (exact) mass is 373 g/mol. The SMILES string of the molecule is COC(C(C)n1c(C)c(C(=O)OC(C)(C)C)c2c1C=CCC2)C(F)(F)F.